The van der Waals surface area contributed by atoms with E-state index in [0.29, 0.717) is 15.8 Å². The molecule has 0 saturated carbocycles. The van der Waals surface area contributed by atoms with Crippen molar-refractivity contribution in [2.24, 2.45) is 20.2 Å². The number of sulfonamides is 1. The van der Waals surface area contributed by atoms with E-state index in [1.54, 1.807) is 12.1 Å². The fourth-order valence-corrected chi connectivity index (χ4v) is 5.20. The van der Waals surface area contributed by atoms with E-state index >= 15 is 0 Å². The Kier molecular flexibility index (Phi) is 9.36. The second kappa shape index (κ2) is 12.7. The van der Waals surface area contributed by atoms with Gasteiger partial charge < -0.3 is 15.2 Å². The van der Waals surface area contributed by atoms with Gasteiger partial charge in [0, 0.05) is 30.2 Å². The number of hydrazone groups is 1. The lowest BCUT2D eigenvalue weighted by atomic mass is 9.91. The quantitative estimate of drug-likeness (QED) is 0.234. The number of rotatable bonds is 8. The van der Waals surface area contributed by atoms with Gasteiger partial charge in [0.2, 0.25) is 5.84 Å². The number of nitrogens with zero attached hydrogens (tertiary/aromatic N) is 4. The molecular formula is C27H27Cl2N5O4S. The zero-order valence-corrected chi connectivity index (χ0v) is 23.6. The van der Waals surface area contributed by atoms with E-state index in [1.165, 1.54) is 43.5 Å². The van der Waals surface area contributed by atoms with Crippen LogP contribution in [0.1, 0.15) is 17.0 Å². The first-order chi connectivity index (χ1) is 18.7. The Morgan fingerprint density at radius 1 is 1.00 bits per heavy atom. The Labute approximate surface area is 237 Å². The molecule has 12 heteroatoms. The van der Waals surface area contributed by atoms with E-state index < -0.39 is 16.3 Å². The van der Waals surface area contributed by atoms with Gasteiger partial charge in [-0.3, -0.25) is 4.99 Å². The maximum atomic E-state index is 13.3. The summed E-state index contributed by atoms with van der Waals surface area (Å²) in [6.07, 6.45) is -0.679. The molecule has 0 aliphatic carbocycles. The monoisotopic (exact) mass is 587 g/mol. The van der Waals surface area contributed by atoms with Crippen LogP contribution >= 0.6 is 23.2 Å². The second-order valence-electron chi connectivity index (χ2n) is 8.51. The molecule has 39 heavy (non-hydrogen) atoms. The molecule has 0 saturated heterocycles. The van der Waals surface area contributed by atoms with E-state index in [-0.39, 0.29) is 35.6 Å². The highest BCUT2D eigenvalue weighted by Gasteiger charge is 2.33. The summed E-state index contributed by atoms with van der Waals surface area (Å²) in [5.41, 5.74) is 8.86. The van der Waals surface area contributed by atoms with Crippen LogP contribution in [-0.4, -0.2) is 64.4 Å². The van der Waals surface area contributed by atoms with Gasteiger partial charge in [0.25, 0.3) is 10.0 Å². The molecule has 2 N–H and O–H groups in total. The topological polar surface area (TPSA) is 119 Å². The third kappa shape index (κ3) is 7.03. The van der Waals surface area contributed by atoms with E-state index in [1.807, 2.05) is 42.5 Å². The fourth-order valence-electron chi connectivity index (χ4n) is 3.95. The molecule has 0 spiro atoms. The molecule has 204 valence electrons. The number of nitrogens with two attached hydrogens (primary N) is 1. The third-order valence-corrected chi connectivity index (χ3v) is 7.77. The number of aliphatic imine (C=N–C) groups is 1. The number of ether oxygens (including phenoxy) is 2. The first-order valence-electron chi connectivity index (χ1n) is 11.8. The summed E-state index contributed by atoms with van der Waals surface area (Å²) >= 11 is 12.1. The Hall–Kier alpha value is -3.28. The Morgan fingerprint density at radius 2 is 1.59 bits per heavy atom. The van der Waals surface area contributed by atoms with Gasteiger partial charge in [-0.05, 0) is 47.5 Å². The van der Waals surface area contributed by atoms with Gasteiger partial charge in [0.15, 0.2) is 12.1 Å². The molecule has 0 aromatic heterocycles. The van der Waals surface area contributed by atoms with Crippen LogP contribution < -0.4 is 5.73 Å². The van der Waals surface area contributed by atoms with E-state index in [2.05, 4.69) is 9.39 Å². The number of halogens is 2. The van der Waals surface area contributed by atoms with Crippen molar-refractivity contribution in [3.63, 3.8) is 0 Å². The summed E-state index contributed by atoms with van der Waals surface area (Å²) in [6, 6.07) is 22.7. The minimum atomic E-state index is -4.20. The van der Waals surface area contributed by atoms with Gasteiger partial charge in [-0.2, -0.15) is 13.5 Å². The lowest BCUT2D eigenvalue weighted by Gasteiger charge is -2.19. The van der Waals surface area contributed by atoms with Crippen molar-refractivity contribution < 1.29 is 17.9 Å². The predicted molar refractivity (Wildman–Crippen MR) is 154 cm³/mol. The van der Waals surface area contributed by atoms with Crippen LogP contribution in [0.3, 0.4) is 0 Å². The van der Waals surface area contributed by atoms with Gasteiger partial charge >= 0.3 is 0 Å². The molecule has 1 aliphatic heterocycles. The van der Waals surface area contributed by atoms with Crippen LogP contribution in [0.4, 0.5) is 0 Å². The molecular weight excluding hydrogens is 561 g/mol. The van der Waals surface area contributed by atoms with Crippen LogP contribution in [0.5, 0.6) is 0 Å². The SMILES string of the molecule is COC(CN=C(N)/C(=N\S(=O)(=O)c1ccc(Cl)cc1)N1CC(c2ccccc2)C(c2ccc(Cl)cc2)=N1)OC. The molecule has 0 radical (unpaired) electrons. The van der Waals surface area contributed by atoms with E-state index in [0.717, 1.165) is 11.1 Å². The molecule has 0 bridgehead atoms. The number of methoxy groups -OCH3 is 2. The number of amidine groups is 2. The fraction of sp³-hybridized carbons (Fsp3) is 0.222. The van der Waals surface area contributed by atoms with Gasteiger partial charge in [0.05, 0.1) is 23.7 Å². The van der Waals surface area contributed by atoms with Crippen molar-refractivity contribution in [3.8, 4) is 0 Å². The van der Waals surface area contributed by atoms with Crippen molar-refractivity contribution in [3.05, 3.63) is 100 Å². The van der Waals surface area contributed by atoms with Gasteiger partial charge in [-0.15, -0.1) is 4.40 Å². The minimum absolute atomic E-state index is 0.0164. The Bertz CT molecular complexity index is 1470. The standard InChI is InChI=1S/C27H27Cl2N5O4S/c1-37-24(38-2)16-31-26(30)27(33-39(35,36)22-14-12-21(29)13-15-22)34-17-23(18-6-4-3-5-7-18)25(32-34)19-8-10-20(28)11-9-19/h3-15,23-24H,16-17H2,1-2H3,(H2,30,31)/b33-27+. The summed E-state index contributed by atoms with van der Waals surface area (Å²) in [7, 11) is -1.27. The first-order valence-corrected chi connectivity index (χ1v) is 14.0. The lowest BCUT2D eigenvalue weighted by molar-refractivity contribution is -0.0936. The normalized spacial score (nSPS) is 16.6. The molecule has 9 nitrogen and oxygen atoms in total. The summed E-state index contributed by atoms with van der Waals surface area (Å²) < 4.78 is 41.1. The van der Waals surface area contributed by atoms with Crippen LogP contribution in [0.2, 0.25) is 10.0 Å². The third-order valence-electron chi connectivity index (χ3n) is 5.98. The largest absolute Gasteiger partial charge is 0.381 e. The summed E-state index contributed by atoms with van der Waals surface area (Å²) in [6.45, 7) is 0.285. The van der Waals surface area contributed by atoms with Crippen molar-refractivity contribution in [2.75, 3.05) is 27.3 Å². The average molecular weight is 589 g/mol. The highest BCUT2D eigenvalue weighted by atomic mass is 35.5. The van der Waals surface area contributed by atoms with E-state index in [9.17, 15) is 8.42 Å². The first kappa shape index (κ1) is 28.7. The molecule has 3 aromatic carbocycles. The molecule has 4 rings (SSSR count). The Morgan fingerprint density at radius 3 is 2.18 bits per heavy atom. The highest BCUT2D eigenvalue weighted by Crippen LogP contribution is 2.30. The smallest absolute Gasteiger partial charge is 0.284 e. The van der Waals surface area contributed by atoms with Crippen LogP contribution in [0.15, 0.2) is 98.2 Å². The predicted octanol–water partition coefficient (Wildman–Crippen LogP) is 4.56. The summed E-state index contributed by atoms with van der Waals surface area (Å²) in [5, 5.41) is 7.24. The maximum absolute atomic E-state index is 13.3. The molecule has 1 heterocycles. The van der Waals surface area contributed by atoms with Crippen LogP contribution in [0.25, 0.3) is 0 Å². The minimum Gasteiger partial charge on any atom is -0.381 e. The molecule has 0 fully saturated rings. The van der Waals surface area contributed by atoms with Crippen molar-refractivity contribution in [1.29, 1.82) is 0 Å². The second-order valence-corrected chi connectivity index (χ2v) is 11.0. The zero-order valence-electron chi connectivity index (χ0n) is 21.2. The number of benzene rings is 3. The zero-order chi connectivity index (χ0) is 28.0. The molecule has 0 amide bonds. The number of hydrogen-bond donors (Lipinski definition) is 1. The highest BCUT2D eigenvalue weighted by molar-refractivity contribution is 7.90. The van der Waals surface area contributed by atoms with Crippen LogP contribution in [0, 0.1) is 0 Å². The lowest BCUT2D eigenvalue weighted by Crippen LogP contribution is -2.38. The van der Waals surface area contributed by atoms with Crippen molar-refractivity contribution >= 4 is 50.6 Å². The molecule has 1 unspecified atom stereocenters. The Balaban J connectivity index is 1.82. The summed E-state index contributed by atoms with van der Waals surface area (Å²) in [4.78, 5) is 4.26. The van der Waals surface area contributed by atoms with Crippen LogP contribution in [-0.2, 0) is 19.5 Å². The molecule has 1 aliphatic rings. The van der Waals surface area contributed by atoms with Gasteiger partial charge in [-0.1, -0.05) is 65.7 Å². The van der Waals surface area contributed by atoms with Crippen molar-refractivity contribution in [2.45, 2.75) is 17.1 Å². The van der Waals surface area contributed by atoms with E-state index in [4.69, 9.17) is 43.5 Å². The molecule has 1 atom stereocenters. The number of hydrogen-bond acceptors (Lipinski definition) is 6. The van der Waals surface area contributed by atoms with Gasteiger partial charge in [-0.25, -0.2) is 5.01 Å². The van der Waals surface area contributed by atoms with Gasteiger partial charge in [0.1, 0.15) is 0 Å². The molecule has 3 aromatic rings. The summed E-state index contributed by atoms with van der Waals surface area (Å²) in [5.74, 6) is -0.477. The van der Waals surface area contributed by atoms with Crippen molar-refractivity contribution in [1.82, 2.24) is 5.01 Å². The maximum Gasteiger partial charge on any atom is 0.284 e. The average Bonchev–Trinajstić information content (AvgIpc) is 3.38.